The smallest absolute Gasteiger partial charge is 0.137 e. The average Bonchev–Trinajstić information content (AvgIpc) is 2.25. The Labute approximate surface area is 114 Å². The second-order valence-corrected chi connectivity index (χ2v) is 5.49. The van der Waals surface area contributed by atoms with Crippen molar-refractivity contribution in [1.29, 1.82) is 0 Å². The van der Waals surface area contributed by atoms with Gasteiger partial charge < -0.3 is 10.4 Å². The van der Waals surface area contributed by atoms with Crippen molar-refractivity contribution >= 4 is 17.4 Å². The minimum absolute atomic E-state index is 0.139. The van der Waals surface area contributed by atoms with Crippen LogP contribution in [0.5, 0.6) is 0 Å². The van der Waals surface area contributed by atoms with Crippen LogP contribution >= 0.6 is 11.6 Å². The molecule has 2 N–H and O–H groups in total. The zero-order valence-electron chi connectivity index (χ0n) is 11.5. The maximum absolute atomic E-state index is 9.04. The standard InChI is InChI=1S/C13H22ClN3O/c1-5-6-10-15-11(14)9(2)12(16-10)17-13(3,4)7-8-18/h18H,5-8H2,1-4H3,(H,15,16,17). The van der Waals surface area contributed by atoms with Crippen molar-refractivity contribution in [2.75, 3.05) is 11.9 Å². The third-order valence-electron chi connectivity index (χ3n) is 2.80. The highest BCUT2D eigenvalue weighted by molar-refractivity contribution is 6.30. The van der Waals surface area contributed by atoms with Crippen LogP contribution in [0.3, 0.4) is 0 Å². The van der Waals surface area contributed by atoms with Crippen LogP contribution in [-0.2, 0) is 6.42 Å². The lowest BCUT2D eigenvalue weighted by molar-refractivity contribution is 0.260. The molecule has 1 heterocycles. The Morgan fingerprint density at radius 2 is 2.00 bits per heavy atom. The molecule has 5 heteroatoms. The molecule has 0 fully saturated rings. The first-order valence-corrected chi connectivity index (χ1v) is 6.69. The molecular formula is C13H22ClN3O. The van der Waals surface area contributed by atoms with Crippen molar-refractivity contribution < 1.29 is 5.11 Å². The molecule has 4 nitrogen and oxygen atoms in total. The summed E-state index contributed by atoms with van der Waals surface area (Å²) in [6, 6.07) is 0. The summed E-state index contributed by atoms with van der Waals surface area (Å²) in [5, 5.41) is 12.9. The molecule has 0 aliphatic carbocycles. The lowest BCUT2D eigenvalue weighted by Crippen LogP contribution is -2.33. The third-order valence-corrected chi connectivity index (χ3v) is 3.17. The van der Waals surface area contributed by atoms with E-state index in [0.717, 1.165) is 30.0 Å². The van der Waals surface area contributed by atoms with Crippen molar-refractivity contribution in [3.63, 3.8) is 0 Å². The summed E-state index contributed by atoms with van der Waals surface area (Å²) < 4.78 is 0. The molecule has 0 unspecified atom stereocenters. The number of aliphatic hydroxyl groups excluding tert-OH is 1. The van der Waals surface area contributed by atoms with Crippen molar-refractivity contribution in [2.24, 2.45) is 0 Å². The maximum atomic E-state index is 9.04. The zero-order valence-corrected chi connectivity index (χ0v) is 12.3. The fraction of sp³-hybridized carbons (Fsp3) is 0.692. The third kappa shape index (κ3) is 4.10. The van der Waals surface area contributed by atoms with E-state index in [9.17, 15) is 0 Å². The molecular weight excluding hydrogens is 250 g/mol. The predicted molar refractivity (Wildman–Crippen MR) is 75.2 cm³/mol. The van der Waals surface area contributed by atoms with Gasteiger partial charge in [0.15, 0.2) is 0 Å². The fourth-order valence-electron chi connectivity index (χ4n) is 1.65. The fourth-order valence-corrected chi connectivity index (χ4v) is 1.84. The molecule has 0 amide bonds. The van der Waals surface area contributed by atoms with Crippen LogP contribution in [0.25, 0.3) is 0 Å². The van der Waals surface area contributed by atoms with E-state index >= 15 is 0 Å². The van der Waals surface area contributed by atoms with Crippen LogP contribution in [0.4, 0.5) is 5.82 Å². The molecule has 1 rings (SSSR count). The van der Waals surface area contributed by atoms with E-state index in [2.05, 4.69) is 22.2 Å². The number of anilines is 1. The van der Waals surface area contributed by atoms with Crippen LogP contribution < -0.4 is 5.32 Å². The van der Waals surface area contributed by atoms with Gasteiger partial charge in [0, 0.05) is 24.1 Å². The number of hydrogen-bond acceptors (Lipinski definition) is 4. The highest BCUT2D eigenvalue weighted by Crippen LogP contribution is 2.24. The van der Waals surface area contributed by atoms with E-state index in [1.54, 1.807) is 0 Å². The molecule has 0 saturated heterocycles. The van der Waals surface area contributed by atoms with E-state index in [1.165, 1.54) is 0 Å². The van der Waals surface area contributed by atoms with Gasteiger partial charge in [0.05, 0.1) is 0 Å². The van der Waals surface area contributed by atoms with E-state index in [0.29, 0.717) is 11.6 Å². The summed E-state index contributed by atoms with van der Waals surface area (Å²) in [5.41, 5.74) is 0.628. The molecule has 18 heavy (non-hydrogen) atoms. The summed E-state index contributed by atoms with van der Waals surface area (Å²) in [4.78, 5) is 8.77. The van der Waals surface area contributed by atoms with Crippen LogP contribution in [-0.4, -0.2) is 27.2 Å². The largest absolute Gasteiger partial charge is 0.396 e. The molecule has 0 atom stereocenters. The first-order valence-electron chi connectivity index (χ1n) is 6.31. The molecule has 0 saturated carbocycles. The number of rotatable bonds is 6. The van der Waals surface area contributed by atoms with Crippen LogP contribution in [0.15, 0.2) is 0 Å². The molecule has 0 aromatic carbocycles. The Morgan fingerprint density at radius 1 is 1.33 bits per heavy atom. The van der Waals surface area contributed by atoms with Gasteiger partial charge in [0.1, 0.15) is 16.8 Å². The minimum atomic E-state index is -0.222. The van der Waals surface area contributed by atoms with Crippen LogP contribution in [0.2, 0.25) is 5.15 Å². The topological polar surface area (TPSA) is 58.0 Å². The van der Waals surface area contributed by atoms with Crippen LogP contribution in [0.1, 0.15) is 45.0 Å². The summed E-state index contributed by atoms with van der Waals surface area (Å²) in [6.45, 7) is 8.17. The summed E-state index contributed by atoms with van der Waals surface area (Å²) in [7, 11) is 0. The van der Waals surface area contributed by atoms with Crippen molar-refractivity contribution in [3.05, 3.63) is 16.5 Å². The lowest BCUT2D eigenvalue weighted by atomic mass is 10.0. The Hall–Kier alpha value is -0.870. The van der Waals surface area contributed by atoms with Gasteiger partial charge in [-0.1, -0.05) is 18.5 Å². The second kappa shape index (κ2) is 6.34. The number of hydrogen-bond donors (Lipinski definition) is 2. The van der Waals surface area contributed by atoms with Crippen LogP contribution in [0, 0.1) is 6.92 Å². The maximum Gasteiger partial charge on any atom is 0.137 e. The van der Waals surface area contributed by atoms with Gasteiger partial charge in [-0.3, -0.25) is 0 Å². The average molecular weight is 272 g/mol. The molecule has 102 valence electrons. The number of aliphatic hydroxyl groups is 1. The summed E-state index contributed by atoms with van der Waals surface area (Å²) in [6.07, 6.45) is 2.45. The molecule has 1 aromatic rings. The van der Waals surface area contributed by atoms with Gasteiger partial charge in [-0.05, 0) is 33.6 Å². The van der Waals surface area contributed by atoms with Crippen molar-refractivity contribution in [3.8, 4) is 0 Å². The lowest BCUT2D eigenvalue weighted by Gasteiger charge is -2.27. The molecule has 0 aliphatic heterocycles. The van der Waals surface area contributed by atoms with Crippen molar-refractivity contribution in [2.45, 2.75) is 52.5 Å². The molecule has 1 aromatic heterocycles. The van der Waals surface area contributed by atoms with Gasteiger partial charge in [0.25, 0.3) is 0 Å². The van der Waals surface area contributed by atoms with E-state index < -0.39 is 0 Å². The zero-order chi connectivity index (χ0) is 13.8. The Morgan fingerprint density at radius 3 is 2.56 bits per heavy atom. The van der Waals surface area contributed by atoms with Gasteiger partial charge in [0.2, 0.25) is 0 Å². The molecule has 0 spiro atoms. The highest BCUT2D eigenvalue weighted by Gasteiger charge is 2.19. The molecule has 0 radical (unpaired) electrons. The Bertz CT molecular complexity index is 407. The number of nitrogens with one attached hydrogen (secondary N) is 1. The predicted octanol–water partition coefficient (Wildman–Crippen LogP) is 2.96. The SMILES string of the molecule is CCCc1nc(Cl)c(C)c(NC(C)(C)CCO)n1. The van der Waals surface area contributed by atoms with Gasteiger partial charge in [-0.25, -0.2) is 9.97 Å². The highest BCUT2D eigenvalue weighted by atomic mass is 35.5. The van der Waals surface area contributed by atoms with Gasteiger partial charge in [-0.2, -0.15) is 0 Å². The normalized spacial score (nSPS) is 11.7. The monoisotopic (exact) mass is 271 g/mol. The summed E-state index contributed by atoms with van der Waals surface area (Å²) >= 11 is 6.12. The number of nitrogens with zero attached hydrogens (tertiary/aromatic N) is 2. The Kier molecular flexibility index (Phi) is 5.35. The summed E-state index contributed by atoms with van der Waals surface area (Å²) in [5.74, 6) is 1.52. The van der Waals surface area contributed by atoms with E-state index in [-0.39, 0.29) is 12.1 Å². The number of aromatic nitrogens is 2. The van der Waals surface area contributed by atoms with Gasteiger partial charge in [-0.15, -0.1) is 0 Å². The Balaban J connectivity index is 3.00. The van der Waals surface area contributed by atoms with Gasteiger partial charge >= 0.3 is 0 Å². The first kappa shape index (κ1) is 15.2. The molecule has 0 bridgehead atoms. The first-order chi connectivity index (χ1) is 8.39. The molecule has 0 aliphatic rings. The van der Waals surface area contributed by atoms with Crippen molar-refractivity contribution in [1.82, 2.24) is 9.97 Å². The second-order valence-electron chi connectivity index (χ2n) is 5.14. The minimum Gasteiger partial charge on any atom is -0.396 e. The quantitative estimate of drug-likeness (QED) is 0.781. The number of aryl methyl sites for hydroxylation is 1. The van der Waals surface area contributed by atoms with E-state index in [4.69, 9.17) is 16.7 Å². The number of halogens is 1. The van der Waals surface area contributed by atoms with E-state index in [1.807, 2.05) is 20.8 Å².